The molecule has 25 heavy (non-hydrogen) atoms. The van der Waals surface area contributed by atoms with Crippen LogP contribution in [0.2, 0.25) is 0 Å². The molecule has 3 nitrogen and oxygen atoms in total. The van der Waals surface area contributed by atoms with E-state index in [9.17, 15) is 9.59 Å². The minimum absolute atomic E-state index is 0.146. The number of ketones is 2. The van der Waals surface area contributed by atoms with Crippen molar-refractivity contribution in [2.45, 2.75) is 32.1 Å². The highest BCUT2D eigenvalue weighted by Gasteiger charge is 2.40. The normalized spacial score (nSPS) is 14.3. The second kappa shape index (κ2) is 6.25. The van der Waals surface area contributed by atoms with Crippen molar-refractivity contribution < 1.29 is 9.59 Å². The molecule has 0 atom stereocenters. The average molecular weight is 329 g/mol. The number of fused-ring (bicyclic) bond motifs is 2. The van der Waals surface area contributed by atoms with Gasteiger partial charge in [0.25, 0.3) is 0 Å². The third kappa shape index (κ3) is 2.66. The Labute approximate surface area is 146 Å². The van der Waals surface area contributed by atoms with Crippen molar-refractivity contribution in [2.75, 3.05) is 0 Å². The molecule has 0 saturated heterocycles. The number of rotatable bonds is 4. The number of hydrogen-bond acceptors (Lipinski definition) is 3. The van der Waals surface area contributed by atoms with E-state index in [0.29, 0.717) is 16.8 Å². The Hall–Kier alpha value is -2.81. The smallest absolute Gasteiger partial charge is 0.180 e. The second-order valence-corrected chi connectivity index (χ2v) is 6.57. The summed E-state index contributed by atoms with van der Waals surface area (Å²) in [6.07, 6.45) is 3.39. The first kappa shape index (κ1) is 15.7. The van der Waals surface area contributed by atoms with Gasteiger partial charge in [0.2, 0.25) is 0 Å². The highest BCUT2D eigenvalue weighted by molar-refractivity contribution is 6.29. The summed E-state index contributed by atoms with van der Waals surface area (Å²) < 4.78 is 0. The van der Waals surface area contributed by atoms with E-state index in [4.69, 9.17) is 0 Å². The van der Waals surface area contributed by atoms with Crippen LogP contribution in [0.5, 0.6) is 0 Å². The number of nitrogens with zero attached hydrogens (tertiary/aromatic N) is 1. The maximum atomic E-state index is 12.7. The molecule has 0 fully saturated rings. The summed E-state index contributed by atoms with van der Waals surface area (Å²) in [6.45, 7) is 2.18. The van der Waals surface area contributed by atoms with Crippen LogP contribution in [0.1, 0.15) is 57.7 Å². The number of benzene rings is 2. The monoisotopic (exact) mass is 329 g/mol. The van der Waals surface area contributed by atoms with Crippen molar-refractivity contribution >= 4 is 22.5 Å². The molecule has 0 amide bonds. The fourth-order valence-corrected chi connectivity index (χ4v) is 3.50. The van der Waals surface area contributed by atoms with Crippen molar-refractivity contribution in [1.82, 2.24) is 4.98 Å². The molecule has 0 aliphatic heterocycles. The van der Waals surface area contributed by atoms with Crippen molar-refractivity contribution in [1.29, 1.82) is 0 Å². The Morgan fingerprint density at radius 1 is 0.920 bits per heavy atom. The molecule has 0 N–H and O–H groups in total. The Morgan fingerprint density at radius 2 is 1.64 bits per heavy atom. The van der Waals surface area contributed by atoms with Crippen LogP contribution in [0.15, 0.2) is 54.6 Å². The SMILES string of the molecule is CCCCc1ccc2nc(C3C(=O)c4ccccc4C3=O)ccc2c1. The number of carbonyl (C=O) groups is 2. The van der Waals surface area contributed by atoms with Crippen LogP contribution in [0.4, 0.5) is 0 Å². The highest BCUT2D eigenvalue weighted by atomic mass is 16.2. The molecule has 2 aromatic carbocycles. The van der Waals surface area contributed by atoms with E-state index in [-0.39, 0.29) is 11.6 Å². The standard InChI is InChI=1S/C22H19NO2/c1-2-3-6-14-9-11-18-15(13-14)10-12-19(23-18)20-21(24)16-7-4-5-8-17(16)22(20)25/h4-5,7-13,20H,2-3,6H2,1H3. The Bertz CT molecular complexity index is 955. The molecular formula is C22H19NO2. The van der Waals surface area contributed by atoms with Crippen LogP contribution >= 0.6 is 0 Å². The Kier molecular flexibility index (Phi) is 3.92. The number of carbonyl (C=O) groups excluding carboxylic acids is 2. The van der Waals surface area contributed by atoms with Crippen LogP contribution in [0.3, 0.4) is 0 Å². The number of Topliss-reactive ketones (excluding diaryl/α,β-unsaturated/α-hetero) is 2. The lowest BCUT2D eigenvalue weighted by atomic mass is 9.98. The lowest BCUT2D eigenvalue weighted by Gasteiger charge is -2.09. The van der Waals surface area contributed by atoms with E-state index in [1.54, 1.807) is 24.3 Å². The third-order valence-corrected chi connectivity index (χ3v) is 4.87. The number of unbranched alkanes of at least 4 members (excludes halogenated alkanes) is 1. The van der Waals surface area contributed by atoms with Crippen LogP contribution in [-0.4, -0.2) is 16.6 Å². The molecule has 1 aliphatic rings. The molecule has 1 aliphatic carbocycles. The maximum Gasteiger partial charge on any atom is 0.180 e. The number of aryl methyl sites for hydroxylation is 1. The minimum atomic E-state index is -0.804. The minimum Gasteiger partial charge on any atom is -0.293 e. The van der Waals surface area contributed by atoms with Gasteiger partial charge in [-0.05, 0) is 36.6 Å². The average Bonchev–Trinajstić information content (AvgIpc) is 2.90. The molecule has 3 heteroatoms. The fourth-order valence-electron chi connectivity index (χ4n) is 3.50. The zero-order valence-corrected chi connectivity index (χ0v) is 14.2. The van der Waals surface area contributed by atoms with Gasteiger partial charge in [-0.1, -0.05) is 49.7 Å². The highest BCUT2D eigenvalue weighted by Crippen LogP contribution is 2.33. The predicted octanol–water partition coefficient (Wildman–Crippen LogP) is 4.74. The number of pyridine rings is 1. The van der Waals surface area contributed by atoms with Crippen molar-refractivity contribution in [3.8, 4) is 0 Å². The summed E-state index contributed by atoms with van der Waals surface area (Å²) in [5.74, 6) is -1.10. The van der Waals surface area contributed by atoms with E-state index in [1.165, 1.54) is 18.4 Å². The molecular weight excluding hydrogens is 310 g/mol. The van der Waals surface area contributed by atoms with E-state index >= 15 is 0 Å². The van der Waals surface area contributed by atoms with Gasteiger partial charge >= 0.3 is 0 Å². The van der Waals surface area contributed by atoms with Gasteiger partial charge in [0.05, 0.1) is 11.2 Å². The number of aromatic nitrogens is 1. The first-order valence-corrected chi connectivity index (χ1v) is 8.76. The van der Waals surface area contributed by atoms with Gasteiger partial charge in [-0.2, -0.15) is 0 Å². The summed E-state index contributed by atoms with van der Waals surface area (Å²) in [5, 5.41) is 1.05. The van der Waals surface area contributed by atoms with Gasteiger partial charge in [0, 0.05) is 16.5 Å². The van der Waals surface area contributed by atoms with E-state index < -0.39 is 5.92 Å². The van der Waals surface area contributed by atoms with E-state index in [2.05, 4.69) is 24.0 Å². The first-order valence-electron chi connectivity index (χ1n) is 8.76. The molecule has 0 spiro atoms. The van der Waals surface area contributed by atoms with Crippen LogP contribution in [0.25, 0.3) is 10.9 Å². The summed E-state index contributed by atoms with van der Waals surface area (Å²) >= 11 is 0. The van der Waals surface area contributed by atoms with Crippen LogP contribution < -0.4 is 0 Å². The fraction of sp³-hybridized carbons (Fsp3) is 0.227. The van der Waals surface area contributed by atoms with Crippen molar-refractivity contribution in [3.05, 3.63) is 77.0 Å². The van der Waals surface area contributed by atoms with Gasteiger partial charge in [-0.3, -0.25) is 14.6 Å². The largest absolute Gasteiger partial charge is 0.293 e. The van der Waals surface area contributed by atoms with Crippen LogP contribution in [-0.2, 0) is 6.42 Å². The first-order chi connectivity index (χ1) is 12.2. The molecule has 1 aromatic heterocycles. The van der Waals surface area contributed by atoms with Gasteiger partial charge in [0.15, 0.2) is 11.6 Å². The van der Waals surface area contributed by atoms with E-state index in [0.717, 1.165) is 17.3 Å². The van der Waals surface area contributed by atoms with Crippen molar-refractivity contribution in [2.24, 2.45) is 0 Å². The molecule has 3 aromatic rings. The van der Waals surface area contributed by atoms with Gasteiger partial charge in [0.1, 0.15) is 5.92 Å². The summed E-state index contributed by atoms with van der Waals surface area (Å²) in [7, 11) is 0. The predicted molar refractivity (Wildman–Crippen MR) is 98.2 cm³/mol. The van der Waals surface area contributed by atoms with Gasteiger partial charge in [-0.25, -0.2) is 0 Å². The molecule has 0 bridgehead atoms. The second-order valence-electron chi connectivity index (χ2n) is 6.57. The topological polar surface area (TPSA) is 47.0 Å². The lowest BCUT2D eigenvalue weighted by molar-refractivity contribution is 0.0888. The quantitative estimate of drug-likeness (QED) is 0.650. The zero-order valence-electron chi connectivity index (χ0n) is 14.2. The Morgan fingerprint density at radius 3 is 2.32 bits per heavy atom. The summed E-state index contributed by atoms with van der Waals surface area (Å²) in [5.41, 5.74) is 3.68. The maximum absolute atomic E-state index is 12.7. The molecule has 124 valence electrons. The molecule has 0 saturated carbocycles. The lowest BCUT2D eigenvalue weighted by Crippen LogP contribution is -2.14. The van der Waals surface area contributed by atoms with E-state index in [1.807, 2.05) is 18.2 Å². The van der Waals surface area contributed by atoms with Gasteiger partial charge in [-0.15, -0.1) is 0 Å². The van der Waals surface area contributed by atoms with Gasteiger partial charge < -0.3 is 0 Å². The van der Waals surface area contributed by atoms with Crippen molar-refractivity contribution in [3.63, 3.8) is 0 Å². The van der Waals surface area contributed by atoms with Crippen LogP contribution in [0, 0.1) is 0 Å². The molecule has 0 radical (unpaired) electrons. The summed E-state index contributed by atoms with van der Waals surface area (Å²) in [4.78, 5) is 29.9. The molecule has 1 heterocycles. The number of hydrogen-bond donors (Lipinski definition) is 0. The third-order valence-electron chi connectivity index (χ3n) is 4.87. The summed E-state index contributed by atoms with van der Waals surface area (Å²) in [6, 6.07) is 17.0. The molecule has 0 unspecified atom stereocenters. The molecule has 4 rings (SSSR count). The Balaban J connectivity index is 1.71. The zero-order chi connectivity index (χ0) is 17.4.